The zero-order chi connectivity index (χ0) is 12.0. The molecule has 86 valence electrons. The van der Waals surface area contributed by atoms with Gasteiger partial charge in [-0.15, -0.1) is 0 Å². The number of esters is 3. The maximum absolute atomic E-state index is 10.9. The van der Waals surface area contributed by atoms with Crippen LogP contribution in [0.5, 0.6) is 0 Å². The molecule has 0 aliphatic carbocycles. The lowest BCUT2D eigenvalue weighted by Gasteiger charge is -2.13. The number of methoxy groups -OCH3 is 1. The maximum Gasteiger partial charge on any atom is 0.346 e. The van der Waals surface area contributed by atoms with Gasteiger partial charge in [0.15, 0.2) is 12.2 Å². The van der Waals surface area contributed by atoms with Crippen molar-refractivity contribution in [1.82, 2.24) is 0 Å². The van der Waals surface area contributed by atoms with Gasteiger partial charge in [-0.3, -0.25) is 4.79 Å². The van der Waals surface area contributed by atoms with E-state index in [0.29, 0.717) is 0 Å². The highest BCUT2D eigenvalue weighted by Crippen LogP contribution is 1.99. The van der Waals surface area contributed by atoms with Gasteiger partial charge in [-0.05, 0) is 0 Å². The molecular weight excluding hydrogens is 210 g/mol. The van der Waals surface area contributed by atoms with Crippen LogP contribution in [0.2, 0.25) is 0 Å². The number of nitrogens with two attached hydrogens (primary N) is 1. The molecule has 4 N–H and O–H groups in total. The Morgan fingerprint density at radius 1 is 1.20 bits per heavy atom. The first kappa shape index (κ1) is 13.5. The number of hydrogen-bond donors (Lipinski definition) is 3. The van der Waals surface area contributed by atoms with Crippen molar-refractivity contribution in [3.05, 3.63) is 0 Å². The van der Waals surface area contributed by atoms with Crippen molar-refractivity contribution in [1.29, 1.82) is 0 Å². The highest BCUT2D eigenvalue weighted by Gasteiger charge is 2.33. The lowest BCUT2D eigenvalue weighted by atomic mass is 10.2. The minimum absolute atomic E-state index is 0.563. The van der Waals surface area contributed by atoms with Gasteiger partial charge in [0, 0.05) is 0 Å². The zero-order valence-corrected chi connectivity index (χ0v) is 7.87. The second-order valence-corrected chi connectivity index (χ2v) is 2.41. The molecule has 8 nitrogen and oxygen atoms in total. The van der Waals surface area contributed by atoms with E-state index in [-0.39, 0.29) is 0 Å². The Kier molecular flexibility index (Phi) is 5.45. The van der Waals surface area contributed by atoms with Gasteiger partial charge in [0.1, 0.15) is 0 Å². The van der Waals surface area contributed by atoms with Crippen molar-refractivity contribution in [2.24, 2.45) is 5.73 Å². The molecule has 0 bridgehead atoms. The third-order valence-corrected chi connectivity index (χ3v) is 1.36. The summed E-state index contributed by atoms with van der Waals surface area (Å²) in [7, 11) is 0.953. The van der Waals surface area contributed by atoms with E-state index in [2.05, 4.69) is 9.47 Å². The van der Waals surface area contributed by atoms with Crippen molar-refractivity contribution in [3.8, 4) is 0 Å². The van der Waals surface area contributed by atoms with E-state index in [0.717, 1.165) is 7.11 Å². The molecule has 0 aromatic heterocycles. The topological polar surface area (TPSA) is 136 Å². The van der Waals surface area contributed by atoms with Crippen LogP contribution in [0.1, 0.15) is 0 Å². The van der Waals surface area contributed by atoms with Crippen molar-refractivity contribution >= 4 is 17.9 Å². The van der Waals surface area contributed by atoms with Crippen LogP contribution in [0.4, 0.5) is 0 Å². The summed E-state index contributed by atoms with van der Waals surface area (Å²) in [4.78, 5) is 32.0. The molecule has 15 heavy (non-hydrogen) atoms. The Bertz CT molecular complexity index is 264. The predicted octanol–water partition coefficient (Wildman–Crippen LogP) is -3.09. The lowest BCUT2D eigenvalue weighted by Crippen LogP contribution is -2.42. The Balaban J connectivity index is 4.31. The quantitative estimate of drug-likeness (QED) is 0.335. The van der Waals surface area contributed by atoms with Crippen LogP contribution in [-0.4, -0.2) is 54.0 Å². The molecule has 0 spiro atoms. The zero-order valence-electron chi connectivity index (χ0n) is 7.87. The van der Waals surface area contributed by atoms with E-state index in [1.807, 2.05) is 0 Å². The van der Waals surface area contributed by atoms with Gasteiger partial charge in [0.2, 0.25) is 0 Å². The SMILES string of the molecule is COC(=O)C(O)C(O)C(=O)OC(=O)CN. The molecule has 0 radical (unpaired) electrons. The van der Waals surface area contributed by atoms with E-state index in [9.17, 15) is 14.4 Å². The highest BCUT2D eigenvalue weighted by atomic mass is 16.6. The van der Waals surface area contributed by atoms with Crippen molar-refractivity contribution in [2.45, 2.75) is 12.2 Å². The third kappa shape index (κ3) is 4.02. The van der Waals surface area contributed by atoms with Gasteiger partial charge in [0.25, 0.3) is 0 Å². The number of carbonyl (C=O) groups excluding carboxylic acids is 3. The van der Waals surface area contributed by atoms with Crippen LogP contribution in [0, 0.1) is 0 Å². The molecule has 0 aromatic rings. The third-order valence-electron chi connectivity index (χ3n) is 1.36. The fourth-order valence-electron chi connectivity index (χ4n) is 0.593. The summed E-state index contributed by atoms with van der Waals surface area (Å²) < 4.78 is 8.00. The van der Waals surface area contributed by atoms with E-state index < -0.39 is 36.7 Å². The Hall–Kier alpha value is -1.51. The van der Waals surface area contributed by atoms with Gasteiger partial charge in [-0.1, -0.05) is 0 Å². The molecule has 0 saturated carbocycles. The standard InChI is InChI=1S/C7H11NO7/c1-14-6(12)4(10)5(11)7(13)15-3(9)2-8/h4-5,10-11H,2,8H2,1H3. The maximum atomic E-state index is 10.9. The average molecular weight is 221 g/mol. The van der Waals surface area contributed by atoms with Crippen LogP contribution in [0.25, 0.3) is 0 Å². The summed E-state index contributed by atoms with van der Waals surface area (Å²) in [6.07, 6.45) is -4.29. The second-order valence-electron chi connectivity index (χ2n) is 2.41. The molecule has 2 atom stereocenters. The second kappa shape index (κ2) is 6.06. The highest BCUT2D eigenvalue weighted by molar-refractivity contribution is 5.92. The van der Waals surface area contributed by atoms with Gasteiger partial charge < -0.3 is 25.4 Å². The molecule has 0 aliphatic heterocycles. The molecule has 0 heterocycles. The van der Waals surface area contributed by atoms with Crippen molar-refractivity contribution in [2.75, 3.05) is 13.7 Å². The van der Waals surface area contributed by atoms with Crippen molar-refractivity contribution < 1.29 is 34.1 Å². The molecule has 0 amide bonds. The molecule has 0 fully saturated rings. The van der Waals surface area contributed by atoms with Crippen LogP contribution in [0.15, 0.2) is 0 Å². The van der Waals surface area contributed by atoms with Gasteiger partial charge in [0.05, 0.1) is 13.7 Å². The van der Waals surface area contributed by atoms with Crippen LogP contribution in [0.3, 0.4) is 0 Å². The normalized spacial score (nSPS) is 13.9. The molecular formula is C7H11NO7. The summed E-state index contributed by atoms with van der Waals surface area (Å²) in [5.74, 6) is -3.78. The van der Waals surface area contributed by atoms with Crippen molar-refractivity contribution in [3.63, 3.8) is 0 Å². The Morgan fingerprint density at radius 2 is 1.67 bits per heavy atom. The molecule has 8 heteroatoms. The monoisotopic (exact) mass is 221 g/mol. The van der Waals surface area contributed by atoms with Gasteiger partial charge >= 0.3 is 17.9 Å². The number of hydrogen-bond acceptors (Lipinski definition) is 8. The minimum atomic E-state index is -2.19. The first-order valence-corrected chi connectivity index (χ1v) is 3.82. The molecule has 0 aliphatic rings. The first-order valence-electron chi connectivity index (χ1n) is 3.82. The summed E-state index contributed by atoms with van der Waals surface area (Å²) in [6, 6.07) is 0. The Morgan fingerprint density at radius 3 is 2.07 bits per heavy atom. The summed E-state index contributed by atoms with van der Waals surface area (Å²) in [6.45, 7) is -0.563. The summed E-state index contributed by atoms with van der Waals surface area (Å²) in [5, 5.41) is 18.0. The van der Waals surface area contributed by atoms with E-state index >= 15 is 0 Å². The number of aliphatic hydroxyl groups excluding tert-OH is 2. The molecule has 0 aromatic carbocycles. The summed E-state index contributed by atoms with van der Waals surface area (Å²) >= 11 is 0. The number of rotatable bonds is 4. The molecule has 2 unspecified atom stereocenters. The van der Waals surface area contributed by atoms with E-state index in [4.69, 9.17) is 15.9 Å². The van der Waals surface area contributed by atoms with E-state index in [1.54, 1.807) is 0 Å². The van der Waals surface area contributed by atoms with Gasteiger partial charge in [-0.25, -0.2) is 9.59 Å². The molecule has 0 saturated heterocycles. The van der Waals surface area contributed by atoms with Crippen LogP contribution < -0.4 is 5.73 Å². The predicted molar refractivity (Wildman–Crippen MR) is 44.2 cm³/mol. The smallest absolute Gasteiger partial charge is 0.346 e. The average Bonchev–Trinajstić information content (AvgIpc) is 2.25. The van der Waals surface area contributed by atoms with Crippen LogP contribution in [-0.2, 0) is 23.9 Å². The lowest BCUT2D eigenvalue weighted by molar-refractivity contribution is -0.176. The first-order chi connectivity index (χ1) is 6.93. The Labute approximate surface area is 84.6 Å². The largest absolute Gasteiger partial charge is 0.467 e. The fraction of sp³-hybridized carbons (Fsp3) is 0.571. The summed E-state index contributed by atoms with van der Waals surface area (Å²) in [5.41, 5.74) is 4.82. The van der Waals surface area contributed by atoms with E-state index in [1.165, 1.54) is 0 Å². The van der Waals surface area contributed by atoms with Crippen LogP contribution >= 0.6 is 0 Å². The minimum Gasteiger partial charge on any atom is -0.467 e. The van der Waals surface area contributed by atoms with Gasteiger partial charge in [-0.2, -0.15) is 0 Å². The number of aliphatic hydroxyl groups is 2. The number of carbonyl (C=O) groups is 3. The fourth-order valence-corrected chi connectivity index (χ4v) is 0.593. The number of ether oxygens (including phenoxy) is 2. The molecule has 0 rings (SSSR count).